The third-order valence-corrected chi connectivity index (χ3v) is 3.98. The minimum absolute atomic E-state index is 0.159. The highest BCUT2D eigenvalue weighted by Gasteiger charge is 2.57. The van der Waals surface area contributed by atoms with E-state index in [0.717, 1.165) is 19.5 Å². The van der Waals surface area contributed by atoms with Gasteiger partial charge in [-0.05, 0) is 31.7 Å². The second kappa shape index (κ2) is 4.52. The number of amides is 1. The summed E-state index contributed by atoms with van der Waals surface area (Å²) in [5.74, 6) is 0.730. The lowest BCUT2D eigenvalue weighted by Gasteiger charge is -2.23. The Labute approximate surface area is 104 Å². The van der Waals surface area contributed by atoms with Gasteiger partial charge in [-0.15, -0.1) is 0 Å². The Morgan fingerprint density at radius 2 is 1.88 bits per heavy atom. The Kier molecular flexibility index (Phi) is 3.23. The molecule has 0 saturated heterocycles. The molecule has 1 aliphatic rings. The summed E-state index contributed by atoms with van der Waals surface area (Å²) >= 11 is 0. The van der Waals surface area contributed by atoms with E-state index in [-0.39, 0.29) is 5.41 Å². The van der Waals surface area contributed by atoms with Crippen LogP contribution in [-0.2, 0) is 4.79 Å². The Morgan fingerprint density at radius 1 is 1.29 bits per heavy atom. The van der Waals surface area contributed by atoms with Gasteiger partial charge in [-0.1, -0.05) is 37.3 Å². The van der Waals surface area contributed by atoms with E-state index in [1.54, 1.807) is 0 Å². The van der Waals surface area contributed by atoms with E-state index in [2.05, 4.69) is 31.2 Å². The molecule has 0 spiro atoms. The summed E-state index contributed by atoms with van der Waals surface area (Å²) in [5.41, 5.74) is 1.14. The molecule has 0 radical (unpaired) electrons. The van der Waals surface area contributed by atoms with E-state index in [9.17, 15) is 4.79 Å². The number of hydrogen-bond acceptors (Lipinski definition) is 1. The van der Waals surface area contributed by atoms with Gasteiger partial charge in [0.25, 0.3) is 0 Å². The van der Waals surface area contributed by atoms with Crippen LogP contribution in [0.25, 0.3) is 0 Å². The standard InChI is InChI=1S/C15H21NO/c1-4-16(5-2)14(17)15(3)11-13(15)12-9-7-6-8-10-12/h6-10,13H,4-5,11H2,1-3H3/t13-,15-/m1/s1. The van der Waals surface area contributed by atoms with Crippen molar-refractivity contribution in [3.05, 3.63) is 35.9 Å². The zero-order valence-corrected chi connectivity index (χ0v) is 10.9. The first-order chi connectivity index (χ1) is 8.13. The number of hydrogen-bond donors (Lipinski definition) is 0. The molecule has 2 nitrogen and oxygen atoms in total. The van der Waals surface area contributed by atoms with E-state index < -0.39 is 0 Å². The zero-order valence-electron chi connectivity index (χ0n) is 10.9. The predicted molar refractivity (Wildman–Crippen MR) is 69.8 cm³/mol. The number of nitrogens with zero attached hydrogens (tertiary/aromatic N) is 1. The molecule has 0 aliphatic heterocycles. The number of carbonyl (C=O) groups is 1. The lowest BCUT2D eigenvalue weighted by atomic mass is 9.99. The molecule has 2 atom stereocenters. The summed E-state index contributed by atoms with van der Waals surface area (Å²) in [6.07, 6.45) is 0.992. The molecule has 1 aliphatic carbocycles. The molecule has 1 aromatic rings. The van der Waals surface area contributed by atoms with Crippen LogP contribution in [0.15, 0.2) is 30.3 Å². The van der Waals surface area contributed by atoms with Gasteiger partial charge in [0.15, 0.2) is 0 Å². The molecular formula is C15H21NO. The summed E-state index contributed by atoms with van der Waals surface area (Å²) < 4.78 is 0. The van der Waals surface area contributed by atoms with Crippen molar-refractivity contribution in [2.45, 2.75) is 33.1 Å². The second-order valence-corrected chi connectivity index (χ2v) is 5.06. The van der Waals surface area contributed by atoms with Gasteiger partial charge < -0.3 is 4.90 Å². The van der Waals surface area contributed by atoms with Crippen LogP contribution in [0, 0.1) is 5.41 Å². The van der Waals surface area contributed by atoms with Gasteiger partial charge in [0, 0.05) is 13.1 Å². The molecule has 2 heteroatoms. The van der Waals surface area contributed by atoms with Crippen molar-refractivity contribution < 1.29 is 4.79 Å². The highest BCUT2D eigenvalue weighted by Crippen LogP contribution is 2.59. The van der Waals surface area contributed by atoms with Crippen LogP contribution in [0.1, 0.15) is 38.7 Å². The van der Waals surface area contributed by atoms with Gasteiger partial charge in [0.05, 0.1) is 5.41 Å². The first-order valence-electron chi connectivity index (χ1n) is 6.47. The highest BCUT2D eigenvalue weighted by atomic mass is 16.2. The van der Waals surface area contributed by atoms with E-state index in [0.29, 0.717) is 11.8 Å². The molecular weight excluding hydrogens is 210 g/mol. The van der Waals surface area contributed by atoms with Crippen LogP contribution >= 0.6 is 0 Å². The molecule has 92 valence electrons. The molecule has 1 amide bonds. The maximum atomic E-state index is 12.4. The second-order valence-electron chi connectivity index (χ2n) is 5.06. The Morgan fingerprint density at radius 3 is 2.41 bits per heavy atom. The van der Waals surface area contributed by atoms with Crippen molar-refractivity contribution >= 4 is 5.91 Å². The summed E-state index contributed by atoms with van der Waals surface area (Å²) in [4.78, 5) is 14.3. The number of rotatable bonds is 4. The fourth-order valence-electron chi connectivity index (χ4n) is 2.64. The van der Waals surface area contributed by atoms with Crippen LogP contribution in [-0.4, -0.2) is 23.9 Å². The third kappa shape index (κ3) is 2.08. The van der Waals surface area contributed by atoms with Crippen LogP contribution in [0.5, 0.6) is 0 Å². The van der Waals surface area contributed by atoms with Crippen LogP contribution in [0.3, 0.4) is 0 Å². The average Bonchev–Trinajstić information content (AvgIpc) is 3.06. The van der Waals surface area contributed by atoms with E-state index in [1.807, 2.05) is 24.8 Å². The Balaban J connectivity index is 2.12. The lowest BCUT2D eigenvalue weighted by molar-refractivity contribution is -0.136. The topological polar surface area (TPSA) is 20.3 Å². The van der Waals surface area contributed by atoms with Crippen molar-refractivity contribution in [1.82, 2.24) is 4.90 Å². The van der Waals surface area contributed by atoms with Crippen LogP contribution in [0.2, 0.25) is 0 Å². The largest absolute Gasteiger partial charge is 0.343 e. The molecule has 2 rings (SSSR count). The van der Waals surface area contributed by atoms with Gasteiger partial charge in [-0.2, -0.15) is 0 Å². The fraction of sp³-hybridized carbons (Fsp3) is 0.533. The van der Waals surface area contributed by atoms with Crippen molar-refractivity contribution in [2.75, 3.05) is 13.1 Å². The minimum Gasteiger partial charge on any atom is -0.343 e. The monoisotopic (exact) mass is 231 g/mol. The lowest BCUT2D eigenvalue weighted by Crippen LogP contribution is -2.36. The van der Waals surface area contributed by atoms with E-state index in [4.69, 9.17) is 0 Å². The predicted octanol–water partition coefficient (Wildman–Crippen LogP) is 3.05. The molecule has 0 unspecified atom stereocenters. The van der Waals surface area contributed by atoms with Gasteiger partial charge in [0.2, 0.25) is 5.91 Å². The maximum absolute atomic E-state index is 12.4. The minimum atomic E-state index is -0.159. The first-order valence-corrected chi connectivity index (χ1v) is 6.47. The van der Waals surface area contributed by atoms with Crippen molar-refractivity contribution in [3.8, 4) is 0 Å². The molecule has 1 aromatic carbocycles. The zero-order chi connectivity index (χ0) is 12.5. The SMILES string of the molecule is CCN(CC)C(=O)[C@]1(C)C[C@@H]1c1ccccc1. The van der Waals surface area contributed by atoms with E-state index >= 15 is 0 Å². The average molecular weight is 231 g/mol. The molecule has 0 heterocycles. The Hall–Kier alpha value is -1.31. The molecule has 0 bridgehead atoms. The molecule has 1 fully saturated rings. The summed E-state index contributed by atoms with van der Waals surface area (Å²) in [7, 11) is 0. The molecule has 1 saturated carbocycles. The fourth-order valence-corrected chi connectivity index (χ4v) is 2.64. The molecule has 0 N–H and O–H groups in total. The third-order valence-electron chi connectivity index (χ3n) is 3.98. The van der Waals surface area contributed by atoms with E-state index in [1.165, 1.54) is 5.56 Å². The van der Waals surface area contributed by atoms with Gasteiger partial charge in [-0.25, -0.2) is 0 Å². The quantitative estimate of drug-likeness (QED) is 0.780. The smallest absolute Gasteiger partial charge is 0.229 e. The van der Waals surface area contributed by atoms with Crippen molar-refractivity contribution in [2.24, 2.45) is 5.41 Å². The first kappa shape index (κ1) is 12.2. The Bertz CT molecular complexity index is 397. The number of benzene rings is 1. The highest BCUT2D eigenvalue weighted by molar-refractivity contribution is 5.87. The van der Waals surface area contributed by atoms with Crippen LogP contribution in [0.4, 0.5) is 0 Å². The normalized spacial score (nSPS) is 26.6. The van der Waals surface area contributed by atoms with Gasteiger partial charge in [0.1, 0.15) is 0 Å². The molecule has 0 aromatic heterocycles. The van der Waals surface area contributed by atoms with Gasteiger partial charge in [-0.3, -0.25) is 4.79 Å². The van der Waals surface area contributed by atoms with Crippen LogP contribution < -0.4 is 0 Å². The summed E-state index contributed by atoms with van der Waals surface area (Å²) in [5, 5.41) is 0. The van der Waals surface area contributed by atoms with Crippen molar-refractivity contribution in [1.29, 1.82) is 0 Å². The van der Waals surface area contributed by atoms with Gasteiger partial charge >= 0.3 is 0 Å². The summed E-state index contributed by atoms with van der Waals surface area (Å²) in [6.45, 7) is 7.82. The van der Waals surface area contributed by atoms with Crippen molar-refractivity contribution in [3.63, 3.8) is 0 Å². The maximum Gasteiger partial charge on any atom is 0.229 e. The molecule has 17 heavy (non-hydrogen) atoms. The number of carbonyl (C=O) groups excluding carboxylic acids is 1. The summed E-state index contributed by atoms with van der Waals surface area (Å²) in [6, 6.07) is 10.4.